The Morgan fingerprint density at radius 2 is 2.18 bits per heavy atom. The van der Waals surface area contributed by atoms with E-state index >= 15 is 0 Å². The maximum absolute atomic E-state index is 11.0. The van der Waals surface area contributed by atoms with E-state index in [2.05, 4.69) is 19.9 Å². The van der Waals surface area contributed by atoms with Crippen molar-refractivity contribution in [3.63, 3.8) is 0 Å². The Bertz CT molecular complexity index is 523. The number of azide groups is 1. The van der Waals surface area contributed by atoms with Gasteiger partial charge in [-0.25, -0.2) is 4.79 Å². The van der Waals surface area contributed by atoms with Crippen molar-refractivity contribution in [2.45, 2.75) is 24.6 Å². The van der Waals surface area contributed by atoms with E-state index in [1.54, 1.807) is 18.3 Å². The Kier molecular flexibility index (Phi) is 7.19. The fourth-order valence-corrected chi connectivity index (χ4v) is 1.51. The number of aromatic nitrogens is 1. The third-order valence-electron chi connectivity index (χ3n) is 2.64. The van der Waals surface area contributed by atoms with Crippen LogP contribution < -0.4 is 5.43 Å². The molecular weight excluding hydrogens is 298 g/mol. The SMILES string of the molecule is OC[C@H]1OC(O)[C@H](O)[C@@H]1O.[N-]=[N+]=NNC(=O)c1cccnc1. The Morgan fingerprint density at radius 3 is 2.59 bits per heavy atom. The Hall–Kier alpha value is -2.27. The van der Waals surface area contributed by atoms with Crippen LogP contribution in [0, 0.1) is 0 Å². The summed E-state index contributed by atoms with van der Waals surface area (Å²) in [6.07, 6.45) is -1.83. The second-order valence-electron chi connectivity index (χ2n) is 4.10. The van der Waals surface area contributed by atoms with Gasteiger partial charge in [0.2, 0.25) is 0 Å². The molecule has 1 aromatic heterocycles. The summed E-state index contributed by atoms with van der Waals surface area (Å²) >= 11 is 0. The molecule has 4 atom stereocenters. The van der Waals surface area contributed by atoms with Crippen LogP contribution in [-0.2, 0) is 4.74 Å². The van der Waals surface area contributed by atoms with Gasteiger partial charge in [0.1, 0.15) is 18.3 Å². The van der Waals surface area contributed by atoms with Crippen molar-refractivity contribution >= 4 is 5.91 Å². The van der Waals surface area contributed by atoms with Gasteiger partial charge in [-0.1, -0.05) is 0 Å². The molecule has 2 heterocycles. The summed E-state index contributed by atoms with van der Waals surface area (Å²) in [5.74, 6) is -0.471. The molecule has 1 aliphatic rings. The van der Waals surface area contributed by atoms with Crippen LogP contribution in [-0.4, -0.2) is 62.5 Å². The fourth-order valence-electron chi connectivity index (χ4n) is 1.51. The topological polar surface area (TPSA) is 181 Å². The average molecular weight is 313 g/mol. The molecule has 5 N–H and O–H groups in total. The molecule has 22 heavy (non-hydrogen) atoms. The lowest BCUT2D eigenvalue weighted by atomic mass is 10.1. The lowest BCUT2D eigenvalue weighted by Gasteiger charge is -2.09. The first-order chi connectivity index (χ1) is 10.5. The summed E-state index contributed by atoms with van der Waals surface area (Å²) in [4.78, 5) is 17.1. The van der Waals surface area contributed by atoms with Gasteiger partial charge in [-0.05, 0) is 17.4 Å². The third-order valence-corrected chi connectivity index (χ3v) is 2.64. The molecule has 0 bridgehead atoms. The third kappa shape index (κ3) is 4.93. The van der Waals surface area contributed by atoms with E-state index in [4.69, 9.17) is 26.0 Å². The molecule has 1 aromatic rings. The van der Waals surface area contributed by atoms with Crippen molar-refractivity contribution in [2.24, 2.45) is 5.22 Å². The molecule has 1 unspecified atom stereocenters. The number of aliphatic hydroxyl groups is 4. The molecule has 1 fully saturated rings. The minimum Gasteiger partial charge on any atom is -0.394 e. The molecular formula is C11H15N5O6. The van der Waals surface area contributed by atoms with Crippen LogP contribution in [0.3, 0.4) is 0 Å². The van der Waals surface area contributed by atoms with Gasteiger partial charge < -0.3 is 25.2 Å². The van der Waals surface area contributed by atoms with Gasteiger partial charge in [-0.15, -0.1) is 5.53 Å². The smallest absolute Gasteiger partial charge is 0.343 e. The molecule has 0 aromatic carbocycles. The van der Waals surface area contributed by atoms with E-state index in [1.807, 2.05) is 5.43 Å². The van der Waals surface area contributed by atoms with Crippen LogP contribution in [0.1, 0.15) is 10.4 Å². The van der Waals surface area contributed by atoms with Crippen molar-refractivity contribution < 1.29 is 30.0 Å². The first kappa shape index (κ1) is 17.8. The van der Waals surface area contributed by atoms with Crippen molar-refractivity contribution in [1.82, 2.24) is 10.4 Å². The van der Waals surface area contributed by atoms with Crippen LogP contribution in [0.2, 0.25) is 0 Å². The number of pyridine rings is 1. The number of aliphatic hydroxyl groups excluding tert-OH is 4. The van der Waals surface area contributed by atoms with Gasteiger partial charge in [0, 0.05) is 12.4 Å². The zero-order valence-corrected chi connectivity index (χ0v) is 11.2. The number of amides is 1. The van der Waals surface area contributed by atoms with E-state index in [0.29, 0.717) is 5.56 Å². The molecule has 1 amide bonds. The molecule has 1 aliphatic heterocycles. The zero-order valence-electron chi connectivity index (χ0n) is 11.2. The fraction of sp³-hybridized carbons (Fsp3) is 0.455. The van der Waals surface area contributed by atoms with Crippen LogP contribution in [0.25, 0.3) is 10.4 Å². The van der Waals surface area contributed by atoms with E-state index in [-0.39, 0.29) is 0 Å². The quantitative estimate of drug-likeness (QED) is 0.194. The van der Waals surface area contributed by atoms with Gasteiger partial charge in [0.05, 0.1) is 12.2 Å². The number of carbonyl (C=O) groups excluding carboxylic acids is 1. The summed E-state index contributed by atoms with van der Waals surface area (Å²) in [6, 6.07) is 3.18. The number of hydrogen-bond donors (Lipinski definition) is 5. The normalized spacial score (nSPS) is 26.4. The van der Waals surface area contributed by atoms with Gasteiger partial charge >= 0.3 is 5.91 Å². The summed E-state index contributed by atoms with van der Waals surface area (Å²) < 4.78 is 4.54. The highest BCUT2D eigenvalue weighted by Crippen LogP contribution is 2.18. The van der Waals surface area contributed by atoms with E-state index in [1.165, 1.54) is 6.20 Å². The van der Waals surface area contributed by atoms with E-state index in [0.717, 1.165) is 0 Å². The average Bonchev–Trinajstić information content (AvgIpc) is 2.81. The summed E-state index contributed by atoms with van der Waals surface area (Å²) in [5, 5.41) is 37.9. The first-order valence-corrected chi connectivity index (χ1v) is 6.06. The monoisotopic (exact) mass is 313 g/mol. The lowest BCUT2D eigenvalue weighted by Crippen LogP contribution is -2.33. The predicted octanol–water partition coefficient (Wildman–Crippen LogP) is -1.55. The minimum atomic E-state index is -1.38. The molecule has 0 spiro atoms. The van der Waals surface area contributed by atoms with Crippen molar-refractivity contribution in [2.75, 3.05) is 6.61 Å². The lowest BCUT2D eigenvalue weighted by molar-refractivity contribution is -0.132. The molecule has 2 rings (SSSR count). The zero-order chi connectivity index (χ0) is 16.5. The molecule has 120 valence electrons. The number of nitrogens with zero attached hydrogens (tertiary/aromatic N) is 4. The van der Waals surface area contributed by atoms with Gasteiger partial charge in [-0.3, -0.25) is 4.98 Å². The molecule has 0 saturated carbocycles. The molecule has 0 radical (unpaired) electrons. The summed E-state index contributed by atoms with van der Waals surface area (Å²) in [5.41, 5.74) is 10.2. The van der Waals surface area contributed by atoms with Crippen molar-refractivity contribution in [1.29, 1.82) is 0 Å². The highest BCUT2D eigenvalue weighted by atomic mass is 16.6. The second-order valence-corrected chi connectivity index (χ2v) is 4.10. The van der Waals surface area contributed by atoms with Crippen molar-refractivity contribution in [3.05, 3.63) is 40.5 Å². The number of rotatable bonds is 3. The predicted molar refractivity (Wildman–Crippen MR) is 70.8 cm³/mol. The highest BCUT2D eigenvalue weighted by molar-refractivity contribution is 5.93. The van der Waals surface area contributed by atoms with Gasteiger partial charge in [-0.2, -0.15) is 10.3 Å². The van der Waals surface area contributed by atoms with Crippen LogP contribution in [0.5, 0.6) is 0 Å². The maximum atomic E-state index is 11.0. The minimum absolute atomic E-state index is 0.352. The number of carbonyl (C=O) groups is 1. The van der Waals surface area contributed by atoms with Gasteiger partial charge in [0.25, 0.3) is 0 Å². The molecule has 1 saturated heterocycles. The molecule has 0 aliphatic carbocycles. The first-order valence-electron chi connectivity index (χ1n) is 6.06. The summed E-state index contributed by atoms with van der Waals surface area (Å²) in [6.45, 7) is -0.407. The maximum Gasteiger partial charge on any atom is 0.343 e. The highest BCUT2D eigenvalue weighted by Gasteiger charge is 2.41. The molecule has 11 nitrogen and oxygen atoms in total. The Morgan fingerprint density at radius 1 is 1.45 bits per heavy atom. The number of hydrogen-bond acceptors (Lipinski definition) is 8. The Balaban J connectivity index is 0.000000224. The number of nitrogens with one attached hydrogen (secondary N) is 1. The van der Waals surface area contributed by atoms with E-state index in [9.17, 15) is 4.79 Å². The summed E-state index contributed by atoms with van der Waals surface area (Å²) in [7, 11) is 0. The second kappa shape index (κ2) is 8.89. The van der Waals surface area contributed by atoms with E-state index < -0.39 is 37.1 Å². The van der Waals surface area contributed by atoms with Crippen LogP contribution in [0.4, 0.5) is 0 Å². The van der Waals surface area contributed by atoms with Crippen LogP contribution >= 0.6 is 0 Å². The number of ether oxygens (including phenoxy) is 1. The standard InChI is InChI=1S/C6H5N5O.C5H10O5/c7-10-11-9-6(12)5-2-1-3-8-4-5;6-1-2-3(7)4(8)5(9)10-2/h1-4H,(H,9,12);2-9H,1H2/t;2-,3-,4-,5?/m.1/s1. The van der Waals surface area contributed by atoms with Crippen LogP contribution in [0.15, 0.2) is 29.7 Å². The largest absolute Gasteiger partial charge is 0.394 e. The van der Waals surface area contributed by atoms with Crippen molar-refractivity contribution in [3.8, 4) is 0 Å². The van der Waals surface area contributed by atoms with Gasteiger partial charge in [0.15, 0.2) is 6.29 Å². The molecule has 11 heteroatoms. The Labute approximate surface area is 124 Å².